The van der Waals surface area contributed by atoms with Gasteiger partial charge in [-0.2, -0.15) is 0 Å². The molecule has 0 atom stereocenters. The zero-order chi connectivity index (χ0) is 23.1. The van der Waals surface area contributed by atoms with Gasteiger partial charge < -0.3 is 15.1 Å². The fraction of sp³-hybridized carbons (Fsp3) is 0.458. The third kappa shape index (κ3) is 6.54. The molecule has 0 saturated carbocycles. The van der Waals surface area contributed by atoms with E-state index in [9.17, 15) is 13.2 Å². The molecule has 1 heterocycles. The summed E-state index contributed by atoms with van der Waals surface area (Å²) in [6, 6.07) is 13.8. The van der Waals surface area contributed by atoms with E-state index in [2.05, 4.69) is 22.2 Å². The number of carbonyl (C=O) groups is 1. The van der Waals surface area contributed by atoms with E-state index in [1.165, 1.54) is 4.31 Å². The van der Waals surface area contributed by atoms with E-state index in [1.54, 1.807) is 42.5 Å². The summed E-state index contributed by atoms with van der Waals surface area (Å²) in [5.74, 6) is -0.304. The van der Waals surface area contributed by atoms with Crippen molar-refractivity contribution >= 4 is 21.6 Å². The minimum Gasteiger partial charge on any atom is -0.354 e. The summed E-state index contributed by atoms with van der Waals surface area (Å²) in [4.78, 5) is 17.6. The van der Waals surface area contributed by atoms with E-state index in [-0.39, 0.29) is 17.3 Å². The second kappa shape index (κ2) is 10.9. The third-order valence-corrected chi connectivity index (χ3v) is 7.47. The minimum absolute atomic E-state index is 0.169. The number of anilines is 1. The molecule has 1 saturated heterocycles. The van der Waals surface area contributed by atoms with Gasteiger partial charge in [-0.1, -0.05) is 24.3 Å². The molecule has 0 radical (unpaired) electrons. The highest BCUT2D eigenvalue weighted by atomic mass is 32.2. The lowest BCUT2D eigenvalue weighted by Crippen LogP contribution is -2.45. The number of rotatable bonds is 9. The fourth-order valence-corrected chi connectivity index (χ4v) is 5.34. The summed E-state index contributed by atoms with van der Waals surface area (Å²) < 4.78 is 28.0. The Balaban J connectivity index is 1.67. The Kier molecular flexibility index (Phi) is 8.28. The lowest BCUT2D eigenvalue weighted by atomic mass is 10.1. The van der Waals surface area contributed by atoms with Crippen LogP contribution in [0, 0.1) is 13.8 Å². The molecule has 1 aliphatic rings. The van der Waals surface area contributed by atoms with Gasteiger partial charge in [0.25, 0.3) is 10.0 Å². The normalized spacial score (nSPS) is 15.5. The standard InChI is InChI=1S/C24H34N4O3S/c1-20-16-21(2)18-22(17-20)28(32(30,31)23-8-5-4-6-9-23)19-24(29)25-10-7-11-27-14-12-26(3)13-15-27/h4-6,8-9,16-18H,7,10-15,19H2,1-3H3,(H,25,29). The van der Waals surface area contributed by atoms with Crippen LogP contribution in [-0.2, 0) is 14.8 Å². The number of aryl methyl sites for hydroxylation is 2. The fourth-order valence-electron chi connectivity index (χ4n) is 3.92. The average molecular weight is 459 g/mol. The molecule has 0 unspecified atom stereocenters. The van der Waals surface area contributed by atoms with Gasteiger partial charge in [0.05, 0.1) is 10.6 Å². The SMILES string of the molecule is Cc1cc(C)cc(N(CC(=O)NCCCN2CCN(C)CC2)S(=O)(=O)c2ccccc2)c1. The Morgan fingerprint density at radius 1 is 1.00 bits per heavy atom. The molecule has 0 spiro atoms. The molecule has 0 bridgehead atoms. The van der Waals surface area contributed by atoms with Crippen LogP contribution in [0.5, 0.6) is 0 Å². The predicted molar refractivity (Wildman–Crippen MR) is 128 cm³/mol. The van der Waals surface area contributed by atoms with Crippen molar-refractivity contribution in [1.29, 1.82) is 0 Å². The topological polar surface area (TPSA) is 73.0 Å². The number of hydrogen-bond acceptors (Lipinski definition) is 5. The smallest absolute Gasteiger partial charge is 0.264 e. The molecule has 174 valence electrons. The Morgan fingerprint density at radius 2 is 1.62 bits per heavy atom. The Morgan fingerprint density at radius 3 is 2.25 bits per heavy atom. The van der Waals surface area contributed by atoms with Crippen molar-refractivity contribution in [3.05, 3.63) is 59.7 Å². The zero-order valence-corrected chi connectivity index (χ0v) is 20.1. The second-order valence-electron chi connectivity index (χ2n) is 8.52. The molecule has 3 rings (SSSR count). The Bertz CT molecular complexity index is 983. The molecule has 7 nitrogen and oxygen atoms in total. The molecule has 32 heavy (non-hydrogen) atoms. The number of nitrogens with zero attached hydrogens (tertiary/aromatic N) is 3. The van der Waals surface area contributed by atoms with E-state index in [4.69, 9.17) is 0 Å². The lowest BCUT2D eigenvalue weighted by molar-refractivity contribution is -0.119. The van der Waals surface area contributed by atoms with Crippen molar-refractivity contribution in [2.24, 2.45) is 0 Å². The molecule has 2 aromatic rings. The van der Waals surface area contributed by atoms with Crippen molar-refractivity contribution in [2.75, 3.05) is 57.2 Å². The number of hydrogen-bond donors (Lipinski definition) is 1. The van der Waals surface area contributed by atoms with E-state index >= 15 is 0 Å². The highest BCUT2D eigenvalue weighted by Gasteiger charge is 2.27. The Hall–Kier alpha value is -2.42. The molecular weight excluding hydrogens is 424 g/mol. The number of sulfonamides is 1. The third-order valence-electron chi connectivity index (χ3n) is 5.68. The van der Waals surface area contributed by atoms with E-state index in [1.807, 2.05) is 19.9 Å². The molecule has 2 aromatic carbocycles. The minimum atomic E-state index is -3.88. The van der Waals surface area contributed by atoms with Gasteiger partial charge in [0.1, 0.15) is 6.54 Å². The van der Waals surface area contributed by atoms with Crippen LogP contribution in [0.1, 0.15) is 17.5 Å². The number of carbonyl (C=O) groups excluding carboxylic acids is 1. The predicted octanol–water partition coefficient (Wildman–Crippen LogP) is 2.25. The van der Waals surface area contributed by atoms with Gasteiger partial charge in [0, 0.05) is 32.7 Å². The van der Waals surface area contributed by atoms with Crippen LogP contribution in [0.25, 0.3) is 0 Å². The average Bonchev–Trinajstić information content (AvgIpc) is 2.76. The largest absolute Gasteiger partial charge is 0.354 e. The lowest BCUT2D eigenvalue weighted by Gasteiger charge is -2.32. The molecule has 1 amide bonds. The van der Waals surface area contributed by atoms with E-state index in [0.717, 1.165) is 50.3 Å². The van der Waals surface area contributed by atoms with Gasteiger partial charge in [-0.25, -0.2) is 8.42 Å². The summed E-state index contributed by atoms with van der Waals surface area (Å²) in [5, 5.41) is 2.90. The van der Waals surface area contributed by atoms with Crippen LogP contribution in [0.2, 0.25) is 0 Å². The maximum atomic E-state index is 13.4. The van der Waals surface area contributed by atoms with Gasteiger partial charge in [-0.15, -0.1) is 0 Å². The first-order valence-corrected chi connectivity index (χ1v) is 12.5. The van der Waals surface area contributed by atoms with Crippen LogP contribution >= 0.6 is 0 Å². The van der Waals surface area contributed by atoms with Crippen molar-refractivity contribution in [1.82, 2.24) is 15.1 Å². The van der Waals surface area contributed by atoms with Gasteiger partial charge >= 0.3 is 0 Å². The van der Waals surface area contributed by atoms with Crippen molar-refractivity contribution < 1.29 is 13.2 Å². The highest BCUT2D eigenvalue weighted by Crippen LogP contribution is 2.25. The first-order chi connectivity index (χ1) is 15.3. The molecule has 0 aromatic heterocycles. The molecule has 1 fully saturated rings. The van der Waals surface area contributed by atoms with Crippen LogP contribution in [0.3, 0.4) is 0 Å². The molecule has 0 aliphatic carbocycles. The quantitative estimate of drug-likeness (QED) is 0.584. The number of nitrogens with one attached hydrogen (secondary N) is 1. The van der Waals surface area contributed by atoms with Crippen LogP contribution in [0.15, 0.2) is 53.4 Å². The number of amides is 1. The molecular formula is C24H34N4O3S. The zero-order valence-electron chi connectivity index (χ0n) is 19.3. The summed E-state index contributed by atoms with van der Waals surface area (Å²) in [7, 11) is -1.75. The molecule has 1 N–H and O–H groups in total. The Labute approximate surface area is 192 Å². The van der Waals surface area contributed by atoms with E-state index < -0.39 is 10.0 Å². The first-order valence-electron chi connectivity index (χ1n) is 11.1. The maximum absolute atomic E-state index is 13.4. The van der Waals surface area contributed by atoms with Gasteiger partial charge in [0.2, 0.25) is 5.91 Å². The van der Waals surface area contributed by atoms with Gasteiger partial charge in [0.15, 0.2) is 0 Å². The van der Waals surface area contributed by atoms with Crippen molar-refractivity contribution in [3.8, 4) is 0 Å². The van der Waals surface area contributed by atoms with Crippen LogP contribution in [0.4, 0.5) is 5.69 Å². The maximum Gasteiger partial charge on any atom is 0.264 e. The second-order valence-corrected chi connectivity index (χ2v) is 10.4. The van der Waals surface area contributed by atoms with Crippen molar-refractivity contribution in [2.45, 2.75) is 25.2 Å². The van der Waals surface area contributed by atoms with E-state index in [0.29, 0.717) is 12.2 Å². The number of benzene rings is 2. The summed E-state index contributed by atoms with van der Waals surface area (Å²) in [5.41, 5.74) is 2.39. The summed E-state index contributed by atoms with van der Waals surface area (Å²) in [6.45, 7) is 9.25. The van der Waals surface area contributed by atoms with Gasteiger partial charge in [-0.05, 0) is 69.3 Å². The monoisotopic (exact) mass is 458 g/mol. The summed E-state index contributed by atoms with van der Waals surface area (Å²) in [6.07, 6.45) is 0.838. The number of piperazine rings is 1. The summed E-state index contributed by atoms with van der Waals surface area (Å²) >= 11 is 0. The van der Waals surface area contributed by atoms with Crippen molar-refractivity contribution in [3.63, 3.8) is 0 Å². The van der Waals surface area contributed by atoms with Crippen LogP contribution in [-0.4, -0.2) is 77.0 Å². The first kappa shape index (κ1) is 24.2. The molecule has 1 aliphatic heterocycles. The van der Waals surface area contributed by atoms with Gasteiger partial charge in [-0.3, -0.25) is 9.10 Å². The molecule has 8 heteroatoms. The highest BCUT2D eigenvalue weighted by molar-refractivity contribution is 7.92. The van der Waals surface area contributed by atoms with Crippen LogP contribution < -0.4 is 9.62 Å². The number of likely N-dealkylation sites (N-methyl/N-ethyl adjacent to an activating group) is 1.